The van der Waals surface area contributed by atoms with Gasteiger partial charge in [0.1, 0.15) is 0 Å². The van der Waals surface area contributed by atoms with Gasteiger partial charge in [-0.15, -0.1) is 0 Å². The molecule has 0 N–H and O–H groups in total. The van der Waals surface area contributed by atoms with Gasteiger partial charge in [0.2, 0.25) is 5.89 Å². The number of rotatable bonds is 2. The highest BCUT2D eigenvalue weighted by Crippen LogP contribution is 2.13. The van der Waals surface area contributed by atoms with Crippen molar-refractivity contribution in [2.45, 2.75) is 33.1 Å². The molecular formula is C7H12N2O. The fourth-order valence-electron chi connectivity index (χ4n) is 0.698. The average molecular weight is 140 g/mol. The Kier molecular flexibility index (Phi) is 2.04. The first kappa shape index (κ1) is 7.25. The summed E-state index contributed by atoms with van der Waals surface area (Å²) in [7, 11) is 0. The summed E-state index contributed by atoms with van der Waals surface area (Å²) in [5.74, 6) is 1.88. The third-order valence-corrected chi connectivity index (χ3v) is 1.60. The molecule has 1 aromatic heterocycles. The molecule has 3 nitrogen and oxygen atoms in total. The standard InChI is InChI=1S/C7H12N2O/c1-4-5(2)7-8-6(3)10-9-7/h5H,4H2,1-3H3. The van der Waals surface area contributed by atoms with Gasteiger partial charge in [-0.2, -0.15) is 4.98 Å². The summed E-state index contributed by atoms with van der Waals surface area (Å²) in [5.41, 5.74) is 0. The Labute approximate surface area is 60.4 Å². The van der Waals surface area contributed by atoms with Crippen molar-refractivity contribution < 1.29 is 4.52 Å². The zero-order valence-corrected chi connectivity index (χ0v) is 6.59. The SMILES string of the molecule is CCC(C)c1noc(C)n1. The van der Waals surface area contributed by atoms with E-state index < -0.39 is 0 Å². The van der Waals surface area contributed by atoms with Crippen LogP contribution in [0.3, 0.4) is 0 Å². The molecule has 0 bridgehead atoms. The van der Waals surface area contributed by atoms with E-state index in [-0.39, 0.29) is 0 Å². The van der Waals surface area contributed by atoms with E-state index in [0.717, 1.165) is 12.2 Å². The minimum Gasteiger partial charge on any atom is -0.340 e. The predicted molar refractivity (Wildman–Crippen MR) is 37.7 cm³/mol. The van der Waals surface area contributed by atoms with Crippen LogP contribution in [-0.4, -0.2) is 10.1 Å². The molecule has 56 valence electrons. The first-order chi connectivity index (χ1) is 4.74. The highest BCUT2D eigenvalue weighted by Gasteiger charge is 2.08. The third kappa shape index (κ3) is 1.35. The molecule has 3 heteroatoms. The summed E-state index contributed by atoms with van der Waals surface area (Å²) < 4.78 is 4.83. The van der Waals surface area contributed by atoms with E-state index in [1.807, 2.05) is 0 Å². The molecule has 0 aliphatic carbocycles. The van der Waals surface area contributed by atoms with Gasteiger partial charge in [-0.3, -0.25) is 0 Å². The molecule has 1 atom stereocenters. The largest absolute Gasteiger partial charge is 0.340 e. The van der Waals surface area contributed by atoms with Crippen molar-refractivity contribution >= 4 is 0 Å². The predicted octanol–water partition coefficient (Wildman–Crippen LogP) is 1.89. The lowest BCUT2D eigenvalue weighted by molar-refractivity contribution is 0.383. The Morgan fingerprint density at radius 2 is 2.30 bits per heavy atom. The zero-order valence-electron chi connectivity index (χ0n) is 6.59. The molecule has 0 fully saturated rings. The fraction of sp³-hybridized carbons (Fsp3) is 0.714. The number of aryl methyl sites for hydroxylation is 1. The summed E-state index contributed by atoms with van der Waals surface area (Å²) in [6.45, 7) is 6.00. The molecule has 0 amide bonds. The van der Waals surface area contributed by atoms with Crippen molar-refractivity contribution in [3.8, 4) is 0 Å². The fourth-order valence-corrected chi connectivity index (χ4v) is 0.698. The Morgan fingerprint density at radius 3 is 2.70 bits per heavy atom. The zero-order chi connectivity index (χ0) is 7.56. The van der Waals surface area contributed by atoms with Crippen LogP contribution in [0.4, 0.5) is 0 Å². The summed E-state index contributed by atoms with van der Waals surface area (Å²) >= 11 is 0. The van der Waals surface area contributed by atoms with E-state index in [9.17, 15) is 0 Å². The maximum atomic E-state index is 4.83. The van der Waals surface area contributed by atoms with Gasteiger partial charge in [-0.05, 0) is 6.42 Å². The quantitative estimate of drug-likeness (QED) is 0.629. The number of nitrogens with zero attached hydrogens (tertiary/aromatic N) is 2. The first-order valence-electron chi connectivity index (χ1n) is 3.54. The van der Waals surface area contributed by atoms with E-state index in [4.69, 9.17) is 4.52 Å². The second-order valence-electron chi connectivity index (χ2n) is 2.48. The van der Waals surface area contributed by atoms with Crippen LogP contribution in [0, 0.1) is 6.92 Å². The monoisotopic (exact) mass is 140 g/mol. The molecule has 1 heterocycles. The van der Waals surface area contributed by atoms with Gasteiger partial charge >= 0.3 is 0 Å². The highest BCUT2D eigenvalue weighted by atomic mass is 16.5. The molecule has 0 saturated carbocycles. The van der Waals surface area contributed by atoms with Crippen LogP contribution >= 0.6 is 0 Å². The van der Waals surface area contributed by atoms with E-state index >= 15 is 0 Å². The molecule has 1 aromatic rings. The third-order valence-electron chi connectivity index (χ3n) is 1.60. The second-order valence-corrected chi connectivity index (χ2v) is 2.48. The minimum absolute atomic E-state index is 0.414. The lowest BCUT2D eigenvalue weighted by atomic mass is 10.1. The summed E-state index contributed by atoms with van der Waals surface area (Å²) in [6, 6.07) is 0. The van der Waals surface area contributed by atoms with Gasteiger partial charge in [0.05, 0.1) is 0 Å². The van der Waals surface area contributed by atoms with Crippen LogP contribution in [0.2, 0.25) is 0 Å². The van der Waals surface area contributed by atoms with Crippen molar-refractivity contribution in [3.05, 3.63) is 11.7 Å². The normalized spacial score (nSPS) is 13.5. The van der Waals surface area contributed by atoms with Crippen molar-refractivity contribution in [1.29, 1.82) is 0 Å². The van der Waals surface area contributed by atoms with E-state index in [1.165, 1.54) is 0 Å². The average Bonchev–Trinajstić information content (AvgIpc) is 2.34. The molecule has 1 rings (SSSR count). The summed E-state index contributed by atoms with van der Waals surface area (Å²) in [4.78, 5) is 4.10. The Morgan fingerprint density at radius 1 is 1.60 bits per heavy atom. The smallest absolute Gasteiger partial charge is 0.223 e. The Balaban J connectivity index is 2.74. The number of aromatic nitrogens is 2. The number of hydrogen-bond acceptors (Lipinski definition) is 3. The first-order valence-corrected chi connectivity index (χ1v) is 3.54. The molecule has 0 aliphatic heterocycles. The molecule has 10 heavy (non-hydrogen) atoms. The van der Waals surface area contributed by atoms with Gasteiger partial charge in [0, 0.05) is 12.8 Å². The van der Waals surface area contributed by atoms with Crippen LogP contribution in [0.15, 0.2) is 4.52 Å². The van der Waals surface area contributed by atoms with Crippen molar-refractivity contribution in [2.24, 2.45) is 0 Å². The van der Waals surface area contributed by atoms with Crippen molar-refractivity contribution in [2.75, 3.05) is 0 Å². The van der Waals surface area contributed by atoms with Gasteiger partial charge in [0.25, 0.3) is 0 Å². The molecule has 0 radical (unpaired) electrons. The van der Waals surface area contributed by atoms with Crippen LogP contribution < -0.4 is 0 Å². The summed E-state index contributed by atoms with van der Waals surface area (Å²) in [6.07, 6.45) is 1.05. The Hall–Kier alpha value is -0.860. The van der Waals surface area contributed by atoms with Crippen molar-refractivity contribution in [3.63, 3.8) is 0 Å². The van der Waals surface area contributed by atoms with Gasteiger partial charge < -0.3 is 4.52 Å². The topological polar surface area (TPSA) is 38.9 Å². The molecule has 0 aromatic carbocycles. The van der Waals surface area contributed by atoms with Crippen LogP contribution in [0.25, 0.3) is 0 Å². The lowest BCUT2D eigenvalue weighted by Crippen LogP contribution is -1.93. The van der Waals surface area contributed by atoms with Gasteiger partial charge in [-0.25, -0.2) is 0 Å². The molecular weight excluding hydrogens is 128 g/mol. The second kappa shape index (κ2) is 2.82. The van der Waals surface area contributed by atoms with Crippen LogP contribution in [0.5, 0.6) is 0 Å². The summed E-state index contributed by atoms with van der Waals surface area (Å²) in [5, 5.41) is 3.80. The Bertz CT molecular complexity index is 207. The maximum absolute atomic E-state index is 4.83. The van der Waals surface area contributed by atoms with Crippen molar-refractivity contribution in [1.82, 2.24) is 10.1 Å². The number of hydrogen-bond donors (Lipinski definition) is 0. The lowest BCUT2D eigenvalue weighted by Gasteiger charge is -1.98. The van der Waals surface area contributed by atoms with E-state index in [0.29, 0.717) is 11.8 Å². The van der Waals surface area contributed by atoms with E-state index in [1.54, 1.807) is 6.92 Å². The van der Waals surface area contributed by atoms with Crippen LogP contribution in [0.1, 0.15) is 37.9 Å². The minimum atomic E-state index is 0.414. The van der Waals surface area contributed by atoms with Gasteiger partial charge in [-0.1, -0.05) is 19.0 Å². The molecule has 0 spiro atoms. The molecule has 0 aliphatic rings. The highest BCUT2D eigenvalue weighted by molar-refractivity contribution is 4.91. The molecule has 1 unspecified atom stereocenters. The maximum Gasteiger partial charge on any atom is 0.223 e. The molecule has 0 saturated heterocycles. The van der Waals surface area contributed by atoms with Gasteiger partial charge in [0.15, 0.2) is 5.82 Å². The van der Waals surface area contributed by atoms with Crippen LogP contribution in [-0.2, 0) is 0 Å². The van der Waals surface area contributed by atoms with E-state index in [2.05, 4.69) is 24.0 Å².